The third-order valence-electron chi connectivity index (χ3n) is 7.50. The Morgan fingerprint density at radius 1 is 0.972 bits per heavy atom. The van der Waals surface area contributed by atoms with E-state index in [2.05, 4.69) is 10.3 Å². The van der Waals surface area contributed by atoms with Crippen LogP contribution in [-0.4, -0.2) is 34.3 Å². The van der Waals surface area contributed by atoms with Crippen LogP contribution in [0.1, 0.15) is 47.1 Å². The number of anilines is 1. The smallest absolute Gasteiger partial charge is 0.332 e. The highest BCUT2D eigenvalue weighted by atomic mass is 16.2. The molecule has 1 aromatic heterocycles. The summed E-state index contributed by atoms with van der Waals surface area (Å²) in [6.45, 7) is 4.12. The van der Waals surface area contributed by atoms with Crippen LogP contribution in [0.2, 0.25) is 0 Å². The second kappa shape index (κ2) is 8.09. The first-order valence-corrected chi connectivity index (χ1v) is 12.1. The van der Waals surface area contributed by atoms with Gasteiger partial charge >= 0.3 is 6.03 Å². The molecule has 4 aromatic rings. The fourth-order valence-corrected chi connectivity index (χ4v) is 5.56. The molecule has 0 bridgehead atoms. The first-order chi connectivity index (χ1) is 17.4. The number of H-pyrrole nitrogens is 1. The Morgan fingerprint density at radius 2 is 1.67 bits per heavy atom. The van der Waals surface area contributed by atoms with Gasteiger partial charge in [0.15, 0.2) is 5.54 Å². The van der Waals surface area contributed by atoms with Crippen molar-refractivity contribution in [2.24, 2.45) is 0 Å². The molecule has 2 N–H and O–H groups in total. The SMILES string of the molecule is C[C@@H](NC(=O)c1ccccc1N1C(=O)N2CCc3c([nH]c4ccccc34)[C@@]2(C)C1=O)c1ccccc1. The van der Waals surface area contributed by atoms with Crippen molar-refractivity contribution in [1.29, 1.82) is 0 Å². The number of rotatable bonds is 4. The molecule has 1 fully saturated rings. The summed E-state index contributed by atoms with van der Waals surface area (Å²) >= 11 is 0. The number of aromatic amines is 1. The largest absolute Gasteiger partial charge is 0.356 e. The lowest BCUT2D eigenvalue weighted by atomic mass is 9.87. The van der Waals surface area contributed by atoms with E-state index in [9.17, 15) is 14.4 Å². The number of amides is 4. The molecule has 0 unspecified atom stereocenters. The maximum Gasteiger partial charge on any atom is 0.332 e. The van der Waals surface area contributed by atoms with Gasteiger partial charge in [0.2, 0.25) is 0 Å². The van der Waals surface area contributed by atoms with Gasteiger partial charge in [-0.2, -0.15) is 0 Å². The van der Waals surface area contributed by atoms with Crippen LogP contribution >= 0.6 is 0 Å². The van der Waals surface area contributed by atoms with Crippen molar-refractivity contribution in [3.8, 4) is 0 Å². The average Bonchev–Trinajstić information content (AvgIpc) is 3.38. The van der Waals surface area contributed by atoms with Crippen LogP contribution in [0, 0.1) is 0 Å². The van der Waals surface area contributed by atoms with Crippen molar-refractivity contribution in [1.82, 2.24) is 15.2 Å². The lowest BCUT2D eigenvalue weighted by molar-refractivity contribution is -0.125. The van der Waals surface area contributed by atoms with Crippen LogP contribution in [-0.2, 0) is 16.8 Å². The summed E-state index contributed by atoms with van der Waals surface area (Å²) in [6.07, 6.45) is 0.651. The number of nitrogens with one attached hydrogen (secondary N) is 2. The Bertz CT molecular complexity index is 1530. The van der Waals surface area contributed by atoms with E-state index in [0.29, 0.717) is 18.7 Å². The molecule has 6 rings (SSSR count). The van der Waals surface area contributed by atoms with E-state index < -0.39 is 11.6 Å². The van der Waals surface area contributed by atoms with Crippen LogP contribution in [0.4, 0.5) is 10.5 Å². The summed E-state index contributed by atoms with van der Waals surface area (Å²) in [5.74, 6) is -0.708. The number of aromatic nitrogens is 1. The molecule has 2 atom stereocenters. The molecule has 0 saturated carbocycles. The highest BCUT2D eigenvalue weighted by Gasteiger charge is 2.59. The van der Waals surface area contributed by atoms with E-state index in [-0.39, 0.29) is 23.4 Å². The van der Waals surface area contributed by atoms with Gasteiger partial charge in [0.25, 0.3) is 11.8 Å². The van der Waals surface area contributed by atoms with Crippen molar-refractivity contribution in [3.05, 3.63) is 101 Å². The minimum atomic E-state index is -1.18. The maximum atomic E-state index is 14.0. The number of benzene rings is 3. The molecule has 2 aliphatic rings. The zero-order valence-corrected chi connectivity index (χ0v) is 20.1. The number of fused-ring (bicyclic) bond motifs is 5. The predicted octanol–water partition coefficient (Wildman–Crippen LogP) is 4.90. The highest BCUT2D eigenvalue weighted by molar-refractivity contribution is 6.25. The molecule has 0 spiro atoms. The van der Waals surface area contributed by atoms with E-state index >= 15 is 0 Å². The van der Waals surface area contributed by atoms with E-state index in [0.717, 1.165) is 27.7 Å². The third kappa shape index (κ3) is 3.09. The monoisotopic (exact) mass is 478 g/mol. The number of para-hydroxylation sites is 2. The summed E-state index contributed by atoms with van der Waals surface area (Å²) in [7, 11) is 0. The number of carbonyl (C=O) groups is 3. The van der Waals surface area contributed by atoms with Gasteiger partial charge in [-0.25, -0.2) is 9.69 Å². The molecule has 7 heteroatoms. The summed E-state index contributed by atoms with van der Waals surface area (Å²) in [6, 6.07) is 23.7. The molecule has 3 heterocycles. The quantitative estimate of drug-likeness (QED) is 0.409. The maximum absolute atomic E-state index is 14.0. The van der Waals surface area contributed by atoms with E-state index in [1.807, 2.05) is 61.5 Å². The van der Waals surface area contributed by atoms with Crippen LogP contribution in [0.25, 0.3) is 10.9 Å². The van der Waals surface area contributed by atoms with E-state index in [4.69, 9.17) is 0 Å². The third-order valence-corrected chi connectivity index (χ3v) is 7.50. The van der Waals surface area contributed by atoms with E-state index in [1.54, 1.807) is 36.1 Å². The second-order valence-electron chi connectivity index (χ2n) is 9.54. The number of imide groups is 1. The Labute approximate surface area is 208 Å². The fourth-order valence-electron chi connectivity index (χ4n) is 5.56. The van der Waals surface area contributed by atoms with Gasteiger partial charge < -0.3 is 15.2 Å². The Morgan fingerprint density at radius 3 is 2.47 bits per heavy atom. The minimum Gasteiger partial charge on any atom is -0.356 e. The molecule has 2 aliphatic heterocycles. The Kier molecular flexibility index (Phi) is 4.96. The first-order valence-electron chi connectivity index (χ1n) is 12.1. The van der Waals surface area contributed by atoms with Gasteiger partial charge in [-0.3, -0.25) is 9.59 Å². The predicted molar refractivity (Wildman–Crippen MR) is 138 cm³/mol. The van der Waals surface area contributed by atoms with Crippen molar-refractivity contribution < 1.29 is 14.4 Å². The second-order valence-corrected chi connectivity index (χ2v) is 9.54. The molecular formula is C29H26N4O3. The van der Waals surface area contributed by atoms with Gasteiger partial charge in [0.1, 0.15) is 0 Å². The summed E-state index contributed by atoms with van der Waals surface area (Å²) in [5.41, 5.74) is 3.11. The van der Waals surface area contributed by atoms with Crippen molar-refractivity contribution in [2.75, 3.05) is 11.4 Å². The zero-order chi connectivity index (χ0) is 25.0. The van der Waals surface area contributed by atoms with Crippen molar-refractivity contribution >= 4 is 34.4 Å². The zero-order valence-electron chi connectivity index (χ0n) is 20.1. The normalized spacial score (nSPS) is 19.8. The van der Waals surface area contributed by atoms with E-state index in [1.165, 1.54) is 4.90 Å². The van der Waals surface area contributed by atoms with Crippen LogP contribution in [0.3, 0.4) is 0 Å². The highest BCUT2D eigenvalue weighted by Crippen LogP contribution is 2.45. The number of carbonyl (C=O) groups excluding carboxylic acids is 3. The molecular weight excluding hydrogens is 452 g/mol. The Hall–Kier alpha value is -4.39. The van der Waals surface area contributed by atoms with Gasteiger partial charge in [-0.05, 0) is 49.6 Å². The molecule has 0 radical (unpaired) electrons. The topological polar surface area (TPSA) is 85.5 Å². The first kappa shape index (κ1) is 22.1. The number of urea groups is 1. The molecule has 180 valence electrons. The summed E-state index contributed by atoms with van der Waals surface area (Å²) in [5, 5.41) is 4.07. The lowest BCUT2D eigenvalue weighted by Crippen LogP contribution is -2.49. The lowest BCUT2D eigenvalue weighted by Gasteiger charge is -2.35. The van der Waals surface area contributed by atoms with Crippen molar-refractivity contribution in [3.63, 3.8) is 0 Å². The molecule has 1 saturated heterocycles. The van der Waals surface area contributed by atoms with Crippen molar-refractivity contribution in [2.45, 2.75) is 31.8 Å². The summed E-state index contributed by atoms with van der Waals surface area (Å²) < 4.78 is 0. The molecule has 0 aliphatic carbocycles. The van der Waals surface area contributed by atoms with Crippen LogP contribution in [0.15, 0.2) is 78.9 Å². The van der Waals surface area contributed by atoms with Gasteiger partial charge in [-0.1, -0.05) is 60.7 Å². The number of nitrogens with zero attached hydrogens (tertiary/aromatic N) is 2. The number of hydrogen-bond donors (Lipinski definition) is 2. The Balaban J connectivity index is 1.38. The molecule has 4 amide bonds. The minimum absolute atomic E-state index is 0.241. The van der Waals surface area contributed by atoms with Gasteiger partial charge in [0.05, 0.1) is 23.0 Å². The summed E-state index contributed by atoms with van der Waals surface area (Å²) in [4.78, 5) is 47.3. The molecule has 3 aromatic carbocycles. The number of hydrogen-bond acceptors (Lipinski definition) is 3. The molecule has 36 heavy (non-hydrogen) atoms. The van der Waals surface area contributed by atoms with Crippen LogP contribution in [0.5, 0.6) is 0 Å². The standard InChI is InChI=1S/C29H26N4O3/c1-18(19-10-4-3-5-11-19)30-26(34)22-13-7-9-15-24(22)33-27(35)29(2)25-21(16-17-32(29)28(33)36)20-12-6-8-14-23(20)31-25/h3-15,18,31H,16-17H2,1-2H3,(H,30,34)/t18-,29+/m1/s1. The van der Waals surface area contributed by atoms with Crippen LogP contribution < -0.4 is 10.2 Å². The fraction of sp³-hybridized carbons (Fsp3) is 0.207. The van der Waals surface area contributed by atoms with Gasteiger partial charge in [-0.15, -0.1) is 0 Å². The molecule has 7 nitrogen and oxygen atoms in total. The average molecular weight is 479 g/mol. The van der Waals surface area contributed by atoms with Gasteiger partial charge in [0, 0.05) is 17.4 Å².